The van der Waals surface area contributed by atoms with E-state index >= 15 is 0 Å². The molecule has 1 atom stereocenters. The first kappa shape index (κ1) is 33.9. The fourth-order valence-corrected chi connectivity index (χ4v) is 10.4. The van der Waals surface area contributed by atoms with Crippen molar-refractivity contribution in [3.05, 3.63) is 251 Å². The third kappa shape index (κ3) is 5.31. The Morgan fingerprint density at radius 2 is 0.712 bits per heavy atom. The number of hydrogen-bond acceptors (Lipinski definition) is 1. The number of fused-ring (bicyclic) bond motifs is 12. The molecule has 12 rings (SSSR count). The van der Waals surface area contributed by atoms with Crippen LogP contribution in [0.25, 0.3) is 55.6 Å². The van der Waals surface area contributed by atoms with Crippen molar-refractivity contribution in [1.29, 1.82) is 0 Å². The number of rotatable bonds is 4. The third-order valence-electron chi connectivity index (χ3n) is 13.2. The van der Waals surface area contributed by atoms with Crippen molar-refractivity contribution < 1.29 is 4.74 Å². The van der Waals surface area contributed by atoms with Crippen LogP contribution in [-0.4, -0.2) is 0 Å². The van der Waals surface area contributed by atoms with E-state index in [1.807, 2.05) is 0 Å². The maximum atomic E-state index is 7.10. The zero-order chi connectivity index (χ0) is 38.9. The number of benzene rings is 9. The molecule has 2 aliphatic carbocycles. The van der Waals surface area contributed by atoms with E-state index in [-0.39, 0.29) is 11.3 Å². The quantitative estimate of drug-likeness (QED) is 0.174. The van der Waals surface area contributed by atoms with E-state index in [1.165, 1.54) is 83.5 Å². The Hall–Kier alpha value is -7.22. The molecule has 0 saturated carbocycles. The van der Waals surface area contributed by atoms with Crippen molar-refractivity contribution in [2.45, 2.75) is 24.2 Å². The maximum Gasteiger partial charge on any atom is 0.131 e. The molecular formula is C58H40O. The SMILES string of the molecule is c1ccc(-c2ccc(C3Cc4ccc(-c5ccccc5)cc4Oc4cc(-c5ccc6c(c5)C5(c7ccccc7-c7ccccc75)c5ccccc5-6)ccc4C3)cc2)cc1. The van der Waals surface area contributed by atoms with Crippen LogP contribution < -0.4 is 4.74 Å². The standard InChI is InChI=1S/C58H40O/c1-3-13-38(14-4-1)40-23-25-41(26-24-40)47-33-45-29-27-43(39-15-5-2-6-16-39)36-56(45)59-57-37-44(28-30-46(57)34-47)42-31-32-51-50-19-9-12-22-54(50)58(55(51)35-42)52-20-10-7-17-48(52)49-18-8-11-21-53(49)58/h1-32,35-37,47H,33-34H2. The third-order valence-corrected chi connectivity index (χ3v) is 13.2. The van der Waals surface area contributed by atoms with E-state index in [4.69, 9.17) is 4.74 Å². The molecule has 1 spiro atoms. The molecular weight excluding hydrogens is 713 g/mol. The predicted octanol–water partition coefficient (Wildman–Crippen LogP) is 14.7. The maximum absolute atomic E-state index is 7.10. The second kappa shape index (κ2) is 13.4. The summed E-state index contributed by atoms with van der Waals surface area (Å²) in [5.41, 5.74) is 21.3. The van der Waals surface area contributed by atoms with Gasteiger partial charge >= 0.3 is 0 Å². The molecule has 9 aromatic carbocycles. The normalized spacial score (nSPS) is 15.1. The molecule has 0 bridgehead atoms. The lowest BCUT2D eigenvalue weighted by Gasteiger charge is -2.30. The first-order valence-corrected chi connectivity index (χ1v) is 20.8. The molecule has 9 aromatic rings. The van der Waals surface area contributed by atoms with Gasteiger partial charge in [0.15, 0.2) is 0 Å². The Kier molecular flexibility index (Phi) is 7.71. The van der Waals surface area contributed by atoms with Gasteiger partial charge in [-0.1, -0.05) is 194 Å². The van der Waals surface area contributed by atoms with Crippen molar-refractivity contribution in [3.8, 4) is 67.1 Å². The van der Waals surface area contributed by atoms with Crippen molar-refractivity contribution in [1.82, 2.24) is 0 Å². The van der Waals surface area contributed by atoms with Gasteiger partial charge in [-0.25, -0.2) is 0 Å². The lowest BCUT2D eigenvalue weighted by Crippen LogP contribution is -2.25. The zero-order valence-corrected chi connectivity index (χ0v) is 32.6. The van der Waals surface area contributed by atoms with Crippen molar-refractivity contribution >= 4 is 0 Å². The van der Waals surface area contributed by atoms with Crippen LogP contribution in [-0.2, 0) is 18.3 Å². The van der Waals surface area contributed by atoms with E-state index in [2.05, 4.69) is 212 Å². The molecule has 0 saturated heterocycles. The van der Waals surface area contributed by atoms with Crippen LogP contribution in [0.4, 0.5) is 0 Å². The fraction of sp³-hybridized carbons (Fsp3) is 0.0690. The Morgan fingerprint density at radius 1 is 0.322 bits per heavy atom. The van der Waals surface area contributed by atoms with Gasteiger partial charge in [0.25, 0.3) is 0 Å². The summed E-state index contributed by atoms with van der Waals surface area (Å²) in [6.07, 6.45) is 1.78. The topological polar surface area (TPSA) is 9.23 Å². The van der Waals surface area contributed by atoms with Crippen molar-refractivity contribution in [2.75, 3.05) is 0 Å². The van der Waals surface area contributed by atoms with Crippen LogP contribution in [0.1, 0.15) is 44.9 Å². The minimum Gasteiger partial charge on any atom is -0.457 e. The van der Waals surface area contributed by atoms with Gasteiger partial charge in [-0.05, 0) is 132 Å². The van der Waals surface area contributed by atoms with Gasteiger partial charge in [-0.3, -0.25) is 0 Å². The summed E-state index contributed by atoms with van der Waals surface area (Å²) in [7, 11) is 0. The summed E-state index contributed by atoms with van der Waals surface area (Å²) in [6, 6.07) is 78.4. The molecule has 0 aromatic heterocycles. The highest BCUT2D eigenvalue weighted by Crippen LogP contribution is 2.63. The lowest BCUT2D eigenvalue weighted by molar-refractivity contribution is 0.454. The second-order valence-electron chi connectivity index (χ2n) is 16.4. The van der Waals surface area contributed by atoms with E-state index in [0.717, 1.165) is 35.5 Å². The minimum atomic E-state index is -0.384. The van der Waals surface area contributed by atoms with Crippen LogP contribution in [0, 0.1) is 0 Å². The van der Waals surface area contributed by atoms with E-state index in [9.17, 15) is 0 Å². The highest BCUT2D eigenvalue weighted by Gasteiger charge is 2.51. The van der Waals surface area contributed by atoms with Gasteiger partial charge in [0, 0.05) is 0 Å². The minimum absolute atomic E-state index is 0.288. The van der Waals surface area contributed by atoms with Gasteiger partial charge in [0.05, 0.1) is 5.41 Å². The van der Waals surface area contributed by atoms with Gasteiger partial charge in [0.1, 0.15) is 11.5 Å². The summed E-state index contributed by atoms with van der Waals surface area (Å²) in [5, 5.41) is 0. The Balaban J connectivity index is 0.992. The van der Waals surface area contributed by atoms with Crippen LogP contribution in [0.5, 0.6) is 11.5 Å². The smallest absolute Gasteiger partial charge is 0.131 e. The van der Waals surface area contributed by atoms with Crippen LogP contribution in [0.3, 0.4) is 0 Å². The highest BCUT2D eigenvalue weighted by atomic mass is 16.5. The molecule has 1 unspecified atom stereocenters. The average Bonchev–Trinajstić information content (AvgIpc) is 3.77. The first-order valence-electron chi connectivity index (χ1n) is 20.8. The summed E-state index contributed by atoms with van der Waals surface area (Å²) < 4.78 is 7.10. The molecule has 278 valence electrons. The predicted molar refractivity (Wildman–Crippen MR) is 242 cm³/mol. The van der Waals surface area contributed by atoms with Crippen LogP contribution in [0.15, 0.2) is 212 Å². The molecule has 59 heavy (non-hydrogen) atoms. The lowest BCUT2D eigenvalue weighted by atomic mass is 9.70. The Morgan fingerprint density at radius 3 is 1.25 bits per heavy atom. The van der Waals surface area contributed by atoms with Gasteiger partial charge < -0.3 is 4.74 Å². The van der Waals surface area contributed by atoms with Gasteiger partial charge in [-0.15, -0.1) is 0 Å². The van der Waals surface area contributed by atoms with Crippen molar-refractivity contribution in [2.24, 2.45) is 0 Å². The summed E-state index contributed by atoms with van der Waals surface area (Å²) in [6.45, 7) is 0. The molecule has 0 N–H and O–H groups in total. The van der Waals surface area contributed by atoms with Crippen molar-refractivity contribution in [3.63, 3.8) is 0 Å². The summed E-state index contributed by atoms with van der Waals surface area (Å²) in [4.78, 5) is 0. The second-order valence-corrected chi connectivity index (χ2v) is 16.4. The summed E-state index contributed by atoms with van der Waals surface area (Å²) >= 11 is 0. The monoisotopic (exact) mass is 752 g/mol. The van der Waals surface area contributed by atoms with Crippen LogP contribution in [0.2, 0.25) is 0 Å². The molecule has 1 aliphatic heterocycles. The first-order chi connectivity index (χ1) is 29.2. The van der Waals surface area contributed by atoms with Crippen LogP contribution >= 0.6 is 0 Å². The molecule has 0 fully saturated rings. The van der Waals surface area contributed by atoms with E-state index in [0.29, 0.717) is 0 Å². The molecule has 1 heterocycles. The van der Waals surface area contributed by atoms with Gasteiger partial charge in [-0.2, -0.15) is 0 Å². The molecule has 1 nitrogen and oxygen atoms in total. The van der Waals surface area contributed by atoms with E-state index < -0.39 is 0 Å². The molecule has 0 amide bonds. The number of hydrogen-bond donors (Lipinski definition) is 0. The number of ether oxygens (including phenoxy) is 1. The molecule has 3 aliphatic rings. The summed E-state index contributed by atoms with van der Waals surface area (Å²) in [5.74, 6) is 2.14. The fourth-order valence-electron chi connectivity index (χ4n) is 10.4. The van der Waals surface area contributed by atoms with Gasteiger partial charge in [0.2, 0.25) is 0 Å². The largest absolute Gasteiger partial charge is 0.457 e. The molecule has 1 heteroatoms. The zero-order valence-electron chi connectivity index (χ0n) is 32.6. The average molecular weight is 753 g/mol. The molecule has 0 radical (unpaired) electrons. The Labute approximate surface area is 345 Å². The highest BCUT2D eigenvalue weighted by molar-refractivity contribution is 5.96. The van der Waals surface area contributed by atoms with E-state index in [1.54, 1.807) is 0 Å². The Bertz CT molecular complexity index is 3000.